The fourth-order valence-corrected chi connectivity index (χ4v) is 4.61. The largest absolute Gasteiger partial charge is 0.366 e. The minimum Gasteiger partial charge on any atom is -0.366 e. The standard InChI is InChI=1S/C17H21FN4O2S/c1-12-9-16(19-10-13-3-5-14(18)6-4-13)21-17(20-12)22(2)15-7-8-25(23,24)11-15/h3-6,9,15H,7-8,10-11H2,1-2H3,(H,19,20,21). The number of aryl methyl sites for hydroxylation is 1. The first-order valence-corrected chi connectivity index (χ1v) is 9.92. The highest BCUT2D eigenvalue weighted by atomic mass is 32.2. The first-order valence-electron chi connectivity index (χ1n) is 8.10. The van der Waals surface area contributed by atoms with Crippen LogP contribution in [-0.2, 0) is 16.4 Å². The molecule has 6 nitrogen and oxygen atoms in total. The van der Waals surface area contributed by atoms with E-state index in [1.165, 1.54) is 12.1 Å². The summed E-state index contributed by atoms with van der Waals surface area (Å²) in [7, 11) is -1.14. The zero-order chi connectivity index (χ0) is 18.0. The number of hydrogen-bond acceptors (Lipinski definition) is 6. The predicted molar refractivity (Wildman–Crippen MR) is 96.0 cm³/mol. The van der Waals surface area contributed by atoms with E-state index in [1.54, 1.807) is 12.1 Å². The Hall–Kier alpha value is -2.22. The monoisotopic (exact) mass is 364 g/mol. The van der Waals surface area contributed by atoms with Crippen LogP contribution in [0, 0.1) is 12.7 Å². The van der Waals surface area contributed by atoms with Crippen LogP contribution in [0.5, 0.6) is 0 Å². The third kappa shape index (κ3) is 4.45. The lowest BCUT2D eigenvalue weighted by molar-refractivity contribution is 0.600. The van der Waals surface area contributed by atoms with Crippen molar-refractivity contribution in [1.29, 1.82) is 0 Å². The van der Waals surface area contributed by atoms with Crippen molar-refractivity contribution in [3.63, 3.8) is 0 Å². The van der Waals surface area contributed by atoms with Crippen LogP contribution in [0.25, 0.3) is 0 Å². The Morgan fingerprint density at radius 2 is 2.00 bits per heavy atom. The highest BCUT2D eigenvalue weighted by molar-refractivity contribution is 7.91. The SMILES string of the molecule is Cc1cc(NCc2ccc(F)cc2)nc(N(C)C2CCS(=O)(=O)C2)n1. The van der Waals surface area contributed by atoms with Crippen LogP contribution in [0.1, 0.15) is 17.7 Å². The van der Waals surface area contributed by atoms with E-state index in [0.717, 1.165) is 11.3 Å². The second-order valence-corrected chi connectivity index (χ2v) is 8.57. The maximum atomic E-state index is 13.0. The van der Waals surface area contributed by atoms with Crippen molar-refractivity contribution in [3.05, 3.63) is 47.4 Å². The van der Waals surface area contributed by atoms with Gasteiger partial charge >= 0.3 is 0 Å². The van der Waals surface area contributed by atoms with Gasteiger partial charge in [0.15, 0.2) is 9.84 Å². The van der Waals surface area contributed by atoms with Crippen molar-refractivity contribution in [2.24, 2.45) is 0 Å². The van der Waals surface area contributed by atoms with Crippen LogP contribution in [-0.4, -0.2) is 43.0 Å². The van der Waals surface area contributed by atoms with Gasteiger partial charge in [-0.2, -0.15) is 4.98 Å². The molecule has 1 atom stereocenters. The molecule has 2 aromatic rings. The molecule has 2 heterocycles. The number of halogens is 1. The highest BCUT2D eigenvalue weighted by Crippen LogP contribution is 2.22. The van der Waals surface area contributed by atoms with Gasteiger partial charge in [0.2, 0.25) is 5.95 Å². The minimum atomic E-state index is -2.96. The lowest BCUT2D eigenvalue weighted by Crippen LogP contribution is -2.34. The summed E-state index contributed by atoms with van der Waals surface area (Å²) >= 11 is 0. The summed E-state index contributed by atoms with van der Waals surface area (Å²) in [5.41, 5.74) is 1.73. The van der Waals surface area contributed by atoms with Crippen LogP contribution >= 0.6 is 0 Å². The van der Waals surface area contributed by atoms with E-state index in [4.69, 9.17) is 0 Å². The number of nitrogens with one attached hydrogen (secondary N) is 1. The van der Waals surface area contributed by atoms with Crippen LogP contribution < -0.4 is 10.2 Å². The molecule has 1 N–H and O–H groups in total. The molecule has 0 radical (unpaired) electrons. The second-order valence-electron chi connectivity index (χ2n) is 6.34. The number of hydrogen-bond donors (Lipinski definition) is 1. The van der Waals surface area contributed by atoms with E-state index in [2.05, 4.69) is 15.3 Å². The molecule has 1 aliphatic heterocycles. The molecule has 0 aliphatic carbocycles. The molecule has 1 unspecified atom stereocenters. The molecule has 134 valence electrons. The van der Waals surface area contributed by atoms with Gasteiger partial charge in [0, 0.05) is 31.4 Å². The van der Waals surface area contributed by atoms with Gasteiger partial charge in [0.1, 0.15) is 11.6 Å². The topological polar surface area (TPSA) is 75.2 Å². The average Bonchev–Trinajstić information content (AvgIpc) is 2.93. The molecule has 1 fully saturated rings. The summed E-state index contributed by atoms with van der Waals surface area (Å²) in [6.45, 7) is 2.38. The molecule has 3 rings (SSSR count). The van der Waals surface area contributed by atoms with Crippen molar-refractivity contribution in [2.45, 2.75) is 25.9 Å². The van der Waals surface area contributed by atoms with Crippen molar-refractivity contribution < 1.29 is 12.8 Å². The Labute approximate surface area is 147 Å². The molecular weight excluding hydrogens is 343 g/mol. The summed E-state index contributed by atoms with van der Waals surface area (Å²) in [5, 5.41) is 3.20. The van der Waals surface area contributed by atoms with E-state index >= 15 is 0 Å². The predicted octanol–water partition coefficient (Wildman–Crippen LogP) is 2.16. The molecule has 0 spiro atoms. The molecule has 25 heavy (non-hydrogen) atoms. The highest BCUT2D eigenvalue weighted by Gasteiger charge is 2.31. The molecule has 0 amide bonds. The molecule has 0 bridgehead atoms. The quantitative estimate of drug-likeness (QED) is 0.876. The molecule has 1 aromatic carbocycles. The average molecular weight is 364 g/mol. The number of sulfone groups is 1. The first kappa shape index (κ1) is 17.6. The smallest absolute Gasteiger partial charge is 0.227 e. The molecule has 0 saturated carbocycles. The van der Waals surface area contributed by atoms with Gasteiger partial charge in [-0.1, -0.05) is 12.1 Å². The van der Waals surface area contributed by atoms with Gasteiger partial charge in [0.05, 0.1) is 11.5 Å². The fourth-order valence-electron chi connectivity index (χ4n) is 2.84. The normalized spacial score (nSPS) is 18.9. The Kier molecular flexibility index (Phi) is 4.89. The van der Waals surface area contributed by atoms with Crippen LogP contribution in [0.4, 0.5) is 16.2 Å². The lowest BCUT2D eigenvalue weighted by Gasteiger charge is -2.24. The summed E-state index contributed by atoms with van der Waals surface area (Å²) < 4.78 is 36.3. The minimum absolute atomic E-state index is 0.100. The summed E-state index contributed by atoms with van der Waals surface area (Å²) in [6, 6.07) is 7.99. The molecule has 1 saturated heterocycles. The Balaban J connectivity index is 1.72. The second kappa shape index (κ2) is 6.95. The van der Waals surface area contributed by atoms with E-state index in [1.807, 2.05) is 24.9 Å². The van der Waals surface area contributed by atoms with Gasteiger partial charge in [-0.05, 0) is 31.0 Å². The van der Waals surface area contributed by atoms with E-state index in [-0.39, 0.29) is 23.4 Å². The van der Waals surface area contributed by atoms with E-state index in [0.29, 0.717) is 24.7 Å². The summed E-state index contributed by atoms with van der Waals surface area (Å²) in [4.78, 5) is 10.8. The van der Waals surface area contributed by atoms with Gasteiger partial charge < -0.3 is 10.2 Å². The molecule has 1 aromatic heterocycles. The Morgan fingerprint density at radius 1 is 1.28 bits per heavy atom. The number of aromatic nitrogens is 2. The van der Waals surface area contributed by atoms with Crippen molar-refractivity contribution >= 4 is 21.6 Å². The molecule has 8 heteroatoms. The van der Waals surface area contributed by atoms with Gasteiger partial charge in [-0.15, -0.1) is 0 Å². The summed E-state index contributed by atoms with van der Waals surface area (Å²) in [5.74, 6) is 1.24. The number of anilines is 2. The zero-order valence-corrected chi connectivity index (χ0v) is 15.1. The number of rotatable bonds is 5. The van der Waals surface area contributed by atoms with E-state index in [9.17, 15) is 12.8 Å². The van der Waals surface area contributed by atoms with Crippen molar-refractivity contribution in [3.8, 4) is 0 Å². The molecule has 1 aliphatic rings. The lowest BCUT2D eigenvalue weighted by atomic mass is 10.2. The van der Waals surface area contributed by atoms with Gasteiger partial charge in [-0.3, -0.25) is 0 Å². The third-order valence-electron chi connectivity index (χ3n) is 4.30. The zero-order valence-electron chi connectivity index (χ0n) is 14.2. The molecular formula is C17H21FN4O2S. The van der Waals surface area contributed by atoms with Gasteiger partial charge in [0.25, 0.3) is 0 Å². The third-order valence-corrected chi connectivity index (χ3v) is 6.05. The van der Waals surface area contributed by atoms with Crippen LogP contribution in [0.2, 0.25) is 0 Å². The van der Waals surface area contributed by atoms with E-state index < -0.39 is 9.84 Å². The fraction of sp³-hybridized carbons (Fsp3) is 0.412. The Morgan fingerprint density at radius 3 is 2.64 bits per heavy atom. The van der Waals surface area contributed by atoms with Crippen LogP contribution in [0.15, 0.2) is 30.3 Å². The summed E-state index contributed by atoms with van der Waals surface area (Å²) in [6.07, 6.45) is 0.592. The number of benzene rings is 1. The first-order chi connectivity index (χ1) is 11.8. The maximum absolute atomic E-state index is 13.0. The maximum Gasteiger partial charge on any atom is 0.227 e. The number of nitrogens with zero attached hydrogens (tertiary/aromatic N) is 3. The van der Waals surface area contributed by atoms with Crippen molar-refractivity contribution in [1.82, 2.24) is 9.97 Å². The Bertz CT molecular complexity index is 855. The van der Waals surface area contributed by atoms with Crippen LogP contribution in [0.3, 0.4) is 0 Å². The van der Waals surface area contributed by atoms with Crippen molar-refractivity contribution in [2.75, 3.05) is 28.8 Å². The van der Waals surface area contributed by atoms with Gasteiger partial charge in [-0.25, -0.2) is 17.8 Å².